The minimum absolute atomic E-state index is 0.160. The smallest absolute Gasteiger partial charge is 0.255 e. The summed E-state index contributed by atoms with van der Waals surface area (Å²) in [6, 6.07) is 14.1. The lowest BCUT2D eigenvalue weighted by Crippen LogP contribution is -2.83. The van der Waals surface area contributed by atoms with Crippen molar-refractivity contribution in [1.82, 2.24) is 4.98 Å². The van der Waals surface area contributed by atoms with Gasteiger partial charge in [0.05, 0.1) is 13.7 Å². The Bertz CT molecular complexity index is 889. The quantitative estimate of drug-likeness (QED) is 0.506. The topological polar surface area (TPSA) is 93.9 Å². The molecule has 6 heteroatoms. The van der Waals surface area contributed by atoms with E-state index in [9.17, 15) is 4.79 Å². The number of nitrogens with two attached hydrogens (primary N) is 2. The van der Waals surface area contributed by atoms with Gasteiger partial charge in [-0.25, -0.2) is 0 Å². The molecule has 2 aromatic carbocycles. The molecule has 1 heterocycles. The number of benzene rings is 2. The zero-order valence-electron chi connectivity index (χ0n) is 14.8. The summed E-state index contributed by atoms with van der Waals surface area (Å²) in [6.07, 6.45) is 3.09. The second-order valence-corrected chi connectivity index (χ2v) is 6.13. The van der Waals surface area contributed by atoms with Crippen molar-refractivity contribution in [3.05, 3.63) is 59.8 Å². The Balaban J connectivity index is 1.53. The summed E-state index contributed by atoms with van der Waals surface area (Å²) in [5, 5.41) is 3.55. The van der Waals surface area contributed by atoms with E-state index in [1.165, 1.54) is 16.5 Å². The first-order valence-electron chi connectivity index (χ1n) is 8.62. The van der Waals surface area contributed by atoms with Gasteiger partial charge < -0.3 is 25.5 Å². The van der Waals surface area contributed by atoms with Gasteiger partial charge in [-0.1, -0.05) is 18.2 Å². The third-order valence-electron chi connectivity index (χ3n) is 4.27. The third-order valence-corrected chi connectivity index (χ3v) is 4.27. The minimum atomic E-state index is -0.512. The zero-order valence-corrected chi connectivity index (χ0v) is 14.8. The van der Waals surface area contributed by atoms with Crippen molar-refractivity contribution in [3.8, 4) is 11.5 Å². The van der Waals surface area contributed by atoms with Crippen LogP contribution in [-0.2, 0) is 17.8 Å². The van der Waals surface area contributed by atoms with Gasteiger partial charge in [0.25, 0.3) is 5.91 Å². The Hall–Kier alpha value is -2.99. The average Bonchev–Trinajstić information content (AvgIpc) is 3.07. The van der Waals surface area contributed by atoms with E-state index >= 15 is 0 Å². The largest absolute Gasteiger partial charge is 0.493 e. The molecular weight excluding hydrogens is 330 g/mol. The number of quaternary nitrogens is 1. The van der Waals surface area contributed by atoms with E-state index in [2.05, 4.69) is 34.7 Å². The van der Waals surface area contributed by atoms with Crippen molar-refractivity contribution >= 4 is 16.8 Å². The fourth-order valence-corrected chi connectivity index (χ4v) is 2.97. The highest BCUT2D eigenvalue weighted by molar-refractivity contribution is 5.83. The summed E-state index contributed by atoms with van der Waals surface area (Å²) in [7, 11) is 1.58. The van der Waals surface area contributed by atoms with Crippen LogP contribution < -0.4 is 20.5 Å². The molecule has 26 heavy (non-hydrogen) atoms. The molecule has 136 valence electrons. The van der Waals surface area contributed by atoms with E-state index in [4.69, 9.17) is 15.2 Å². The Labute approximate surface area is 152 Å². The molecule has 0 aliphatic rings. The highest BCUT2D eigenvalue weighted by Gasteiger charge is 2.09. The summed E-state index contributed by atoms with van der Waals surface area (Å²) >= 11 is 0. The number of rotatable bonds is 9. The Morgan fingerprint density at radius 2 is 2.04 bits per heavy atom. The van der Waals surface area contributed by atoms with Crippen molar-refractivity contribution in [2.45, 2.75) is 13.0 Å². The zero-order chi connectivity index (χ0) is 18.4. The molecule has 3 aromatic rings. The molecule has 0 fully saturated rings. The van der Waals surface area contributed by atoms with Crippen molar-refractivity contribution in [1.29, 1.82) is 0 Å². The molecule has 0 bridgehead atoms. The van der Waals surface area contributed by atoms with Gasteiger partial charge in [0.2, 0.25) is 0 Å². The second kappa shape index (κ2) is 8.40. The lowest BCUT2D eigenvalue weighted by Gasteiger charge is -2.11. The molecule has 3 rings (SSSR count). The first kappa shape index (κ1) is 17.8. The van der Waals surface area contributed by atoms with Crippen molar-refractivity contribution < 1.29 is 19.6 Å². The molecule has 5 N–H and O–H groups in total. The fraction of sp³-hybridized carbons (Fsp3) is 0.250. The number of methoxy groups -OCH3 is 1. The van der Waals surface area contributed by atoms with E-state index in [-0.39, 0.29) is 6.61 Å². The highest BCUT2D eigenvalue weighted by Crippen LogP contribution is 2.27. The number of aromatic nitrogens is 1. The molecule has 0 atom stereocenters. The van der Waals surface area contributed by atoms with E-state index in [1.54, 1.807) is 7.11 Å². The standard InChI is InChI=1S/C20H23N3O3/c1-25-19-10-14(6-7-18(19)26-13-20(21)24)11-22-9-8-15-12-23-17-5-3-2-4-16(15)17/h2-7,10,12,22-23H,8-9,11,13H2,1H3,(H2,21,24)/p+1. The number of aromatic amines is 1. The molecule has 0 radical (unpaired) electrons. The van der Waals surface area contributed by atoms with Crippen LogP contribution in [0.5, 0.6) is 11.5 Å². The molecule has 0 saturated heterocycles. The highest BCUT2D eigenvalue weighted by atomic mass is 16.5. The van der Waals surface area contributed by atoms with Gasteiger partial charge in [-0.05, 0) is 29.8 Å². The molecule has 0 aliphatic heterocycles. The van der Waals surface area contributed by atoms with Crippen LogP contribution >= 0.6 is 0 Å². The first-order chi connectivity index (χ1) is 12.7. The number of fused-ring (bicyclic) bond motifs is 1. The van der Waals surface area contributed by atoms with E-state index in [0.717, 1.165) is 25.1 Å². The predicted molar refractivity (Wildman–Crippen MR) is 100 cm³/mol. The van der Waals surface area contributed by atoms with Crippen LogP contribution in [0.4, 0.5) is 0 Å². The number of H-pyrrole nitrogens is 1. The van der Waals surface area contributed by atoms with E-state index < -0.39 is 5.91 Å². The van der Waals surface area contributed by atoms with Crippen molar-refractivity contribution in [2.75, 3.05) is 20.3 Å². The maximum Gasteiger partial charge on any atom is 0.255 e. The fourth-order valence-electron chi connectivity index (χ4n) is 2.97. The summed E-state index contributed by atoms with van der Waals surface area (Å²) in [4.78, 5) is 14.2. The maximum atomic E-state index is 10.8. The predicted octanol–water partition coefficient (Wildman–Crippen LogP) is 1.35. The molecule has 1 amide bonds. The van der Waals surface area contributed by atoms with Crippen LogP contribution in [0.1, 0.15) is 11.1 Å². The van der Waals surface area contributed by atoms with E-state index in [0.29, 0.717) is 11.5 Å². The van der Waals surface area contributed by atoms with Gasteiger partial charge >= 0.3 is 0 Å². The van der Waals surface area contributed by atoms with Crippen LogP contribution in [0.2, 0.25) is 0 Å². The van der Waals surface area contributed by atoms with Gasteiger partial charge in [0.15, 0.2) is 18.1 Å². The Morgan fingerprint density at radius 3 is 2.85 bits per heavy atom. The van der Waals surface area contributed by atoms with Crippen LogP contribution in [-0.4, -0.2) is 31.2 Å². The van der Waals surface area contributed by atoms with Crippen LogP contribution in [0.15, 0.2) is 48.7 Å². The van der Waals surface area contributed by atoms with Gasteiger partial charge in [-0.15, -0.1) is 0 Å². The average molecular weight is 354 g/mol. The van der Waals surface area contributed by atoms with Crippen LogP contribution in [0, 0.1) is 0 Å². The molecule has 0 aliphatic carbocycles. The maximum absolute atomic E-state index is 10.8. The van der Waals surface area contributed by atoms with E-state index in [1.807, 2.05) is 24.3 Å². The Kier molecular flexibility index (Phi) is 5.76. The number of para-hydroxylation sites is 1. The first-order valence-corrected chi connectivity index (χ1v) is 8.62. The third kappa shape index (κ3) is 4.34. The van der Waals surface area contributed by atoms with Crippen LogP contribution in [0.3, 0.4) is 0 Å². The summed E-state index contributed by atoms with van der Waals surface area (Å²) in [6.45, 7) is 1.67. The monoisotopic (exact) mass is 354 g/mol. The van der Waals surface area contributed by atoms with Gasteiger partial charge in [-0.2, -0.15) is 0 Å². The molecule has 0 saturated carbocycles. The number of carbonyl (C=O) groups is 1. The normalized spacial score (nSPS) is 10.8. The summed E-state index contributed by atoms with van der Waals surface area (Å²) < 4.78 is 10.7. The van der Waals surface area contributed by atoms with Crippen molar-refractivity contribution in [3.63, 3.8) is 0 Å². The number of primary amides is 1. The number of nitrogens with one attached hydrogen (secondary N) is 1. The molecule has 0 unspecified atom stereocenters. The van der Waals surface area contributed by atoms with Crippen molar-refractivity contribution in [2.24, 2.45) is 5.73 Å². The molecular formula is C20H24N3O3+. The molecule has 0 spiro atoms. The number of hydrogen-bond acceptors (Lipinski definition) is 3. The lowest BCUT2D eigenvalue weighted by atomic mass is 10.1. The SMILES string of the molecule is COc1cc(C[NH2+]CCc2c[nH]c3ccccc23)ccc1OCC(N)=O. The minimum Gasteiger partial charge on any atom is -0.493 e. The summed E-state index contributed by atoms with van der Waals surface area (Å²) in [5.41, 5.74) is 8.75. The Morgan fingerprint density at radius 1 is 1.19 bits per heavy atom. The van der Waals surface area contributed by atoms with Gasteiger partial charge in [0, 0.05) is 29.1 Å². The number of ether oxygens (including phenoxy) is 2. The molecule has 1 aromatic heterocycles. The number of amides is 1. The van der Waals surface area contributed by atoms with Gasteiger partial charge in [0.1, 0.15) is 6.54 Å². The van der Waals surface area contributed by atoms with Gasteiger partial charge in [-0.3, -0.25) is 4.79 Å². The lowest BCUT2D eigenvalue weighted by molar-refractivity contribution is -0.670. The number of hydrogen-bond donors (Lipinski definition) is 3. The number of carbonyl (C=O) groups excluding carboxylic acids is 1. The summed E-state index contributed by atoms with van der Waals surface area (Å²) in [5.74, 6) is 0.615. The molecule has 6 nitrogen and oxygen atoms in total. The van der Waals surface area contributed by atoms with Crippen LogP contribution in [0.25, 0.3) is 10.9 Å². The second-order valence-electron chi connectivity index (χ2n) is 6.13.